The normalized spacial score (nSPS) is 47.2. The van der Waals surface area contributed by atoms with E-state index in [9.17, 15) is 5.11 Å². The van der Waals surface area contributed by atoms with Gasteiger partial charge in [-0.1, -0.05) is 0 Å². The Kier molecular flexibility index (Phi) is 2.75. The van der Waals surface area contributed by atoms with Crippen LogP contribution in [0.2, 0.25) is 0 Å². The van der Waals surface area contributed by atoms with Gasteiger partial charge in [-0.3, -0.25) is 0 Å². The van der Waals surface area contributed by atoms with Crippen LogP contribution in [0.3, 0.4) is 0 Å². The van der Waals surface area contributed by atoms with E-state index in [1.54, 1.807) is 0 Å². The Morgan fingerprint density at radius 3 is 2.06 bits per heavy atom. The molecule has 16 heavy (non-hydrogen) atoms. The smallest absolute Gasteiger partial charge is 0.0669 e. The first kappa shape index (κ1) is 11.0. The van der Waals surface area contributed by atoms with Gasteiger partial charge in [0.05, 0.1) is 6.10 Å². The molecule has 0 amide bonds. The van der Waals surface area contributed by atoms with E-state index in [1.807, 2.05) is 7.05 Å². The maximum atomic E-state index is 10.0. The minimum atomic E-state index is -0.124. The summed E-state index contributed by atoms with van der Waals surface area (Å²) in [6, 6.07) is 0. The minimum Gasteiger partial charge on any atom is -0.392 e. The van der Waals surface area contributed by atoms with Gasteiger partial charge in [0.2, 0.25) is 0 Å². The van der Waals surface area contributed by atoms with Crippen LogP contribution in [0.25, 0.3) is 0 Å². The van der Waals surface area contributed by atoms with Gasteiger partial charge in [-0.2, -0.15) is 0 Å². The van der Waals surface area contributed by atoms with Gasteiger partial charge in [0.15, 0.2) is 0 Å². The molecule has 2 nitrogen and oxygen atoms in total. The van der Waals surface area contributed by atoms with Gasteiger partial charge in [-0.05, 0) is 75.2 Å². The molecule has 0 spiro atoms. The van der Waals surface area contributed by atoms with Crippen LogP contribution in [0.15, 0.2) is 0 Å². The summed E-state index contributed by atoms with van der Waals surface area (Å²) in [7, 11) is 1.93. The molecular formula is C14H25NO. The fraction of sp³-hybridized carbons (Fsp3) is 1.00. The molecule has 2 heteroatoms. The second kappa shape index (κ2) is 3.99. The van der Waals surface area contributed by atoms with Crippen LogP contribution in [-0.4, -0.2) is 24.8 Å². The quantitative estimate of drug-likeness (QED) is 0.765. The summed E-state index contributed by atoms with van der Waals surface area (Å²) in [6.45, 7) is 0.766. The summed E-state index contributed by atoms with van der Waals surface area (Å²) in [6.07, 6.45) is 9.68. The molecule has 1 unspecified atom stereocenters. The molecule has 0 radical (unpaired) electrons. The number of rotatable bonds is 4. The summed E-state index contributed by atoms with van der Waals surface area (Å²) in [5.41, 5.74) is 0.533. The average molecular weight is 223 g/mol. The molecular weight excluding hydrogens is 198 g/mol. The monoisotopic (exact) mass is 223 g/mol. The lowest BCUT2D eigenvalue weighted by molar-refractivity contribution is -0.0752. The summed E-state index contributed by atoms with van der Waals surface area (Å²) in [4.78, 5) is 0. The number of hydrogen-bond donors (Lipinski definition) is 2. The Morgan fingerprint density at radius 1 is 1.12 bits per heavy atom. The van der Waals surface area contributed by atoms with Gasteiger partial charge in [-0.15, -0.1) is 0 Å². The Hall–Kier alpha value is -0.0800. The van der Waals surface area contributed by atoms with Gasteiger partial charge in [0.1, 0.15) is 0 Å². The Labute approximate surface area is 98.8 Å². The number of aliphatic hydroxyl groups excluding tert-OH is 1. The average Bonchev–Trinajstić information content (AvgIpc) is 2.13. The van der Waals surface area contributed by atoms with Crippen molar-refractivity contribution in [2.75, 3.05) is 13.6 Å². The topological polar surface area (TPSA) is 32.3 Å². The molecule has 4 aliphatic rings. The number of hydrogen-bond acceptors (Lipinski definition) is 2. The summed E-state index contributed by atoms with van der Waals surface area (Å²) < 4.78 is 0. The van der Waals surface area contributed by atoms with Gasteiger partial charge < -0.3 is 10.4 Å². The minimum absolute atomic E-state index is 0.124. The molecule has 1 atom stereocenters. The van der Waals surface area contributed by atoms with E-state index < -0.39 is 0 Å². The van der Waals surface area contributed by atoms with Gasteiger partial charge in [0, 0.05) is 6.54 Å². The van der Waals surface area contributed by atoms with E-state index in [0.717, 1.165) is 30.7 Å². The first-order chi connectivity index (χ1) is 7.69. The van der Waals surface area contributed by atoms with Crippen LogP contribution in [0.5, 0.6) is 0 Å². The van der Waals surface area contributed by atoms with Crippen LogP contribution in [0.4, 0.5) is 0 Å². The summed E-state index contributed by atoms with van der Waals surface area (Å²) >= 11 is 0. The lowest BCUT2D eigenvalue weighted by Gasteiger charge is -2.57. The first-order valence-corrected chi connectivity index (χ1v) is 7.02. The highest BCUT2D eigenvalue weighted by molar-refractivity contribution is 5.02. The van der Waals surface area contributed by atoms with Crippen molar-refractivity contribution in [1.29, 1.82) is 0 Å². The fourth-order valence-electron chi connectivity index (χ4n) is 5.35. The van der Waals surface area contributed by atoms with E-state index in [4.69, 9.17) is 0 Å². The third-order valence-corrected chi connectivity index (χ3v) is 5.27. The fourth-order valence-corrected chi connectivity index (χ4v) is 5.35. The molecule has 4 fully saturated rings. The van der Waals surface area contributed by atoms with Crippen molar-refractivity contribution in [2.24, 2.45) is 23.2 Å². The van der Waals surface area contributed by atoms with Crippen molar-refractivity contribution >= 4 is 0 Å². The molecule has 0 aliphatic heterocycles. The predicted molar refractivity (Wildman–Crippen MR) is 65.2 cm³/mol. The molecule has 0 saturated heterocycles. The van der Waals surface area contributed by atoms with Crippen LogP contribution < -0.4 is 5.32 Å². The highest BCUT2D eigenvalue weighted by atomic mass is 16.3. The van der Waals surface area contributed by atoms with Crippen LogP contribution >= 0.6 is 0 Å². The Morgan fingerprint density at radius 2 is 1.62 bits per heavy atom. The molecule has 0 aromatic carbocycles. The zero-order valence-corrected chi connectivity index (χ0v) is 10.4. The maximum absolute atomic E-state index is 10.0. The van der Waals surface area contributed by atoms with Crippen LogP contribution in [0, 0.1) is 23.2 Å². The standard InChI is InChI=1S/C14H25NO/c1-15-9-13(16)8-14-5-10-2-11(6-14)4-12(3-10)7-14/h10-13,15-16H,2-9H2,1H3. The number of likely N-dealkylation sites (N-methyl/N-ethyl adjacent to an activating group) is 1. The van der Waals surface area contributed by atoms with E-state index in [1.165, 1.54) is 38.5 Å². The number of nitrogens with one attached hydrogen (secondary N) is 1. The molecule has 4 bridgehead atoms. The highest BCUT2D eigenvalue weighted by Crippen LogP contribution is 2.61. The van der Waals surface area contributed by atoms with Crippen LogP contribution in [0.1, 0.15) is 44.9 Å². The van der Waals surface area contributed by atoms with Gasteiger partial charge >= 0.3 is 0 Å². The first-order valence-electron chi connectivity index (χ1n) is 7.02. The van der Waals surface area contributed by atoms with Crippen molar-refractivity contribution in [3.05, 3.63) is 0 Å². The van der Waals surface area contributed by atoms with Crippen molar-refractivity contribution in [2.45, 2.75) is 51.0 Å². The predicted octanol–water partition coefficient (Wildman–Crippen LogP) is 2.17. The van der Waals surface area contributed by atoms with Crippen molar-refractivity contribution < 1.29 is 5.11 Å². The third kappa shape index (κ3) is 1.91. The maximum Gasteiger partial charge on any atom is 0.0669 e. The molecule has 92 valence electrons. The largest absolute Gasteiger partial charge is 0.392 e. The van der Waals surface area contributed by atoms with Gasteiger partial charge in [-0.25, -0.2) is 0 Å². The second-order valence-corrected chi connectivity index (χ2v) is 6.83. The molecule has 2 N–H and O–H groups in total. The van der Waals surface area contributed by atoms with E-state index in [0.29, 0.717) is 5.41 Å². The Balaban J connectivity index is 1.68. The molecule has 4 aliphatic carbocycles. The lowest BCUT2D eigenvalue weighted by Crippen LogP contribution is -2.48. The van der Waals surface area contributed by atoms with Crippen molar-refractivity contribution in [3.63, 3.8) is 0 Å². The number of aliphatic hydroxyl groups is 1. The zero-order chi connectivity index (χ0) is 11.2. The lowest BCUT2D eigenvalue weighted by atomic mass is 9.48. The van der Waals surface area contributed by atoms with Crippen molar-refractivity contribution in [1.82, 2.24) is 5.32 Å². The molecule has 4 saturated carbocycles. The summed E-state index contributed by atoms with van der Waals surface area (Å²) in [5, 5.41) is 13.1. The third-order valence-electron chi connectivity index (χ3n) is 5.27. The van der Waals surface area contributed by atoms with Gasteiger partial charge in [0.25, 0.3) is 0 Å². The van der Waals surface area contributed by atoms with E-state index in [-0.39, 0.29) is 6.10 Å². The van der Waals surface area contributed by atoms with Crippen molar-refractivity contribution in [3.8, 4) is 0 Å². The van der Waals surface area contributed by atoms with E-state index in [2.05, 4.69) is 5.32 Å². The molecule has 0 aromatic rings. The van der Waals surface area contributed by atoms with E-state index >= 15 is 0 Å². The SMILES string of the molecule is CNCC(O)CC12CC3CC(CC(C3)C1)C2. The zero-order valence-electron chi connectivity index (χ0n) is 10.4. The molecule has 0 aromatic heterocycles. The Bertz CT molecular complexity index is 228. The highest BCUT2D eigenvalue weighted by Gasteiger charge is 2.51. The van der Waals surface area contributed by atoms with Crippen LogP contribution in [-0.2, 0) is 0 Å². The second-order valence-electron chi connectivity index (χ2n) is 6.83. The molecule has 0 heterocycles. The molecule has 4 rings (SSSR count). The summed E-state index contributed by atoms with van der Waals surface area (Å²) in [5.74, 6) is 3.02.